The molecule has 3 rings (SSSR count). The maximum Gasteiger partial charge on any atom is 0.248 e. The van der Waals surface area contributed by atoms with Crippen LogP contribution in [0.3, 0.4) is 0 Å². The molecule has 1 aromatic carbocycles. The molecule has 0 saturated heterocycles. The number of rotatable bonds is 3. The Morgan fingerprint density at radius 3 is 2.44 bits per heavy atom. The lowest BCUT2D eigenvalue weighted by Gasteiger charge is -2.19. The van der Waals surface area contributed by atoms with Gasteiger partial charge in [-0.15, -0.1) is 0 Å². The molecule has 0 spiro atoms. The molecule has 0 unspecified atom stereocenters. The molecule has 0 amide bonds. The standard InChI is InChI=1S/C22H28N3/c1-16-10-11-17(15-22(2,3)4)14-18(16)19-8-7-9-20(25(19)6)21-23-12-13-24(21)5/h7-14H,15H2,1-6H3/q+1. The van der Waals surface area contributed by atoms with Gasteiger partial charge in [0, 0.05) is 37.1 Å². The summed E-state index contributed by atoms with van der Waals surface area (Å²) in [4.78, 5) is 4.51. The van der Waals surface area contributed by atoms with Gasteiger partial charge in [-0.2, -0.15) is 4.57 Å². The lowest BCUT2D eigenvalue weighted by molar-refractivity contribution is -0.649. The Morgan fingerprint density at radius 2 is 1.80 bits per heavy atom. The van der Waals surface area contributed by atoms with E-state index in [1.807, 2.05) is 19.4 Å². The van der Waals surface area contributed by atoms with Crippen LogP contribution in [0.2, 0.25) is 0 Å². The predicted molar refractivity (Wildman–Crippen MR) is 103 cm³/mol. The monoisotopic (exact) mass is 334 g/mol. The molecule has 0 fully saturated rings. The number of pyridine rings is 1. The molecule has 0 N–H and O–H groups in total. The van der Waals surface area contributed by atoms with Gasteiger partial charge in [0.2, 0.25) is 17.2 Å². The van der Waals surface area contributed by atoms with E-state index in [4.69, 9.17) is 0 Å². The van der Waals surface area contributed by atoms with Crippen LogP contribution in [0, 0.1) is 12.3 Å². The van der Waals surface area contributed by atoms with E-state index in [-0.39, 0.29) is 5.41 Å². The molecular formula is C22H28N3+. The van der Waals surface area contributed by atoms with Crippen molar-refractivity contribution < 1.29 is 4.57 Å². The Bertz CT molecular complexity index is 898. The highest BCUT2D eigenvalue weighted by Crippen LogP contribution is 2.27. The van der Waals surface area contributed by atoms with Crippen molar-refractivity contribution in [1.29, 1.82) is 0 Å². The Hall–Kier alpha value is -2.42. The van der Waals surface area contributed by atoms with E-state index in [0.717, 1.165) is 17.9 Å². The minimum absolute atomic E-state index is 0.281. The normalized spacial score (nSPS) is 11.8. The summed E-state index contributed by atoms with van der Waals surface area (Å²) in [5.74, 6) is 0.979. The molecule has 2 heterocycles. The van der Waals surface area contributed by atoms with E-state index in [1.165, 1.54) is 22.4 Å². The fourth-order valence-corrected chi connectivity index (χ4v) is 3.36. The number of nitrogens with zero attached hydrogens (tertiary/aromatic N) is 3. The quantitative estimate of drug-likeness (QED) is 0.647. The van der Waals surface area contributed by atoms with Crippen molar-refractivity contribution in [2.24, 2.45) is 19.5 Å². The van der Waals surface area contributed by atoms with Crippen molar-refractivity contribution in [2.75, 3.05) is 0 Å². The topological polar surface area (TPSA) is 21.7 Å². The highest BCUT2D eigenvalue weighted by molar-refractivity contribution is 5.63. The van der Waals surface area contributed by atoms with E-state index in [0.29, 0.717) is 0 Å². The summed E-state index contributed by atoms with van der Waals surface area (Å²) in [5, 5.41) is 0. The van der Waals surface area contributed by atoms with Gasteiger partial charge in [-0.1, -0.05) is 32.9 Å². The average molecular weight is 334 g/mol. The molecule has 2 aromatic heterocycles. The average Bonchev–Trinajstić information content (AvgIpc) is 2.94. The van der Waals surface area contributed by atoms with E-state index in [1.54, 1.807) is 0 Å². The van der Waals surface area contributed by atoms with Gasteiger partial charge in [0.1, 0.15) is 7.05 Å². The van der Waals surface area contributed by atoms with Gasteiger partial charge >= 0.3 is 0 Å². The lowest BCUT2D eigenvalue weighted by Crippen LogP contribution is -2.34. The van der Waals surface area contributed by atoms with Gasteiger partial charge in [-0.3, -0.25) is 0 Å². The first-order valence-electron chi connectivity index (χ1n) is 8.83. The zero-order valence-electron chi connectivity index (χ0n) is 16.2. The summed E-state index contributed by atoms with van der Waals surface area (Å²) in [6, 6.07) is 13.3. The molecule has 0 radical (unpaired) electrons. The van der Waals surface area contributed by atoms with Crippen molar-refractivity contribution in [3.05, 3.63) is 59.9 Å². The number of imidazole rings is 1. The van der Waals surface area contributed by atoms with Gasteiger partial charge in [-0.25, -0.2) is 4.98 Å². The summed E-state index contributed by atoms with van der Waals surface area (Å²) in [6.45, 7) is 9.04. The third kappa shape index (κ3) is 3.65. The first kappa shape index (κ1) is 17.4. The largest absolute Gasteiger partial charge is 0.329 e. The predicted octanol–water partition coefficient (Wildman–Crippen LogP) is 4.48. The number of benzene rings is 1. The molecule has 0 aliphatic rings. The first-order valence-corrected chi connectivity index (χ1v) is 8.83. The zero-order chi connectivity index (χ0) is 18.2. The Kier molecular flexibility index (Phi) is 4.51. The van der Waals surface area contributed by atoms with Crippen LogP contribution in [-0.2, 0) is 20.5 Å². The number of hydrogen-bond acceptors (Lipinski definition) is 1. The van der Waals surface area contributed by atoms with Crippen molar-refractivity contribution in [3.63, 3.8) is 0 Å². The second-order valence-corrected chi connectivity index (χ2v) is 8.10. The fourth-order valence-electron chi connectivity index (χ4n) is 3.36. The molecular weight excluding hydrogens is 306 g/mol. The van der Waals surface area contributed by atoms with Crippen LogP contribution < -0.4 is 4.57 Å². The van der Waals surface area contributed by atoms with Crippen LogP contribution in [0.5, 0.6) is 0 Å². The SMILES string of the molecule is Cc1ccc(CC(C)(C)C)cc1-c1cccc(-c2nccn2C)[n+]1C. The molecule has 3 aromatic rings. The number of aryl methyl sites for hydroxylation is 2. The molecule has 0 atom stereocenters. The Labute approximate surface area is 151 Å². The van der Waals surface area contributed by atoms with Crippen molar-refractivity contribution in [1.82, 2.24) is 9.55 Å². The van der Waals surface area contributed by atoms with Crippen LogP contribution in [0.15, 0.2) is 48.8 Å². The second kappa shape index (κ2) is 6.47. The van der Waals surface area contributed by atoms with Gasteiger partial charge in [0.25, 0.3) is 0 Å². The van der Waals surface area contributed by atoms with Gasteiger partial charge in [-0.05, 0) is 42.0 Å². The molecule has 3 heteroatoms. The molecule has 3 nitrogen and oxygen atoms in total. The van der Waals surface area contributed by atoms with Gasteiger partial charge in [0.05, 0.1) is 0 Å². The summed E-state index contributed by atoms with van der Waals surface area (Å²) >= 11 is 0. The minimum Gasteiger partial charge on any atom is -0.329 e. The molecule has 0 aliphatic carbocycles. The number of hydrogen-bond donors (Lipinski definition) is 0. The van der Waals surface area contributed by atoms with Crippen LogP contribution in [0.1, 0.15) is 31.9 Å². The maximum absolute atomic E-state index is 4.51. The van der Waals surface area contributed by atoms with E-state index < -0.39 is 0 Å². The van der Waals surface area contributed by atoms with Gasteiger partial charge in [0.15, 0.2) is 0 Å². The second-order valence-electron chi connectivity index (χ2n) is 8.10. The molecule has 0 aliphatic heterocycles. The third-order valence-electron chi connectivity index (χ3n) is 4.59. The first-order chi connectivity index (χ1) is 11.8. The summed E-state index contributed by atoms with van der Waals surface area (Å²) in [7, 11) is 4.15. The Morgan fingerprint density at radius 1 is 1.08 bits per heavy atom. The smallest absolute Gasteiger partial charge is 0.248 e. The summed E-state index contributed by atoms with van der Waals surface area (Å²) in [6.07, 6.45) is 4.90. The molecule has 0 saturated carbocycles. The fraction of sp³-hybridized carbons (Fsp3) is 0.364. The van der Waals surface area contributed by atoms with Crippen molar-refractivity contribution in [2.45, 2.75) is 34.1 Å². The Balaban J connectivity index is 2.11. The van der Waals surface area contributed by atoms with Gasteiger partial charge < -0.3 is 4.57 Å². The van der Waals surface area contributed by atoms with E-state index in [9.17, 15) is 0 Å². The molecule has 25 heavy (non-hydrogen) atoms. The highest BCUT2D eigenvalue weighted by atomic mass is 15.1. The molecule has 0 bridgehead atoms. The highest BCUT2D eigenvalue weighted by Gasteiger charge is 2.21. The maximum atomic E-state index is 4.51. The van der Waals surface area contributed by atoms with Crippen LogP contribution in [0.4, 0.5) is 0 Å². The van der Waals surface area contributed by atoms with E-state index in [2.05, 4.69) is 85.3 Å². The number of aromatic nitrogens is 3. The van der Waals surface area contributed by atoms with E-state index >= 15 is 0 Å². The molecule has 130 valence electrons. The summed E-state index contributed by atoms with van der Waals surface area (Å²) < 4.78 is 4.30. The lowest BCUT2D eigenvalue weighted by atomic mass is 9.87. The van der Waals surface area contributed by atoms with Crippen LogP contribution in [0.25, 0.3) is 22.8 Å². The summed E-state index contributed by atoms with van der Waals surface area (Å²) in [5.41, 5.74) is 6.59. The van der Waals surface area contributed by atoms with Crippen LogP contribution in [-0.4, -0.2) is 9.55 Å². The van der Waals surface area contributed by atoms with Crippen molar-refractivity contribution >= 4 is 0 Å². The van der Waals surface area contributed by atoms with Crippen molar-refractivity contribution in [3.8, 4) is 22.8 Å². The third-order valence-corrected chi connectivity index (χ3v) is 4.59. The minimum atomic E-state index is 0.281. The van der Waals surface area contributed by atoms with Crippen LogP contribution >= 0.6 is 0 Å². The zero-order valence-corrected chi connectivity index (χ0v) is 16.2.